The summed E-state index contributed by atoms with van der Waals surface area (Å²) in [6.45, 7) is 5.27. The molecule has 0 spiro atoms. The van der Waals surface area contributed by atoms with Gasteiger partial charge in [0.05, 0.1) is 5.92 Å². The van der Waals surface area contributed by atoms with Gasteiger partial charge in [0.15, 0.2) is 0 Å². The maximum Gasteiger partial charge on any atom is 0.227 e. The van der Waals surface area contributed by atoms with Gasteiger partial charge in [0.2, 0.25) is 5.91 Å². The predicted molar refractivity (Wildman–Crippen MR) is 82.6 cm³/mol. The molecule has 3 nitrogen and oxygen atoms in total. The van der Waals surface area contributed by atoms with Crippen LogP contribution in [0.5, 0.6) is 0 Å². The quantitative estimate of drug-likeness (QED) is 0.873. The van der Waals surface area contributed by atoms with Crippen LogP contribution in [0.4, 0.5) is 0 Å². The molecule has 1 aromatic rings. The first-order valence-electron chi connectivity index (χ1n) is 6.63. The van der Waals surface area contributed by atoms with Crippen molar-refractivity contribution in [3.63, 3.8) is 0 Å². The first kappa shape index (κ1) is 16.2. The van der Waals surface area contributed by atoms with Gasteiger partial charge in [-0.25, -0.2) is 0 Å². The molecule has 0 heterocycles. The van der Waals surface area contributed by atoms with Gasteiger partial charge in [-0.2, -0.15) is 0 Å². The predicted octanol–water partition coefficient (Wildman–Crippen LogP) is 3.03. The Balaban J connectivity index is 2.65. The molecule has 0 aliphatic rings. The molecular formula is C15H23BrN2O. The summed E-state index contributed by atoms with van der Waals surface area (Å²) in [4.78, 5) is 14.1. The van der Waals surface area contributed by atoms with Gasteiger partial charge < -0.3 is 10.6 Å². The lowest BCUT2D eigenvalue weighted by Gasteiger charge is -2.24. The molecule has 1 amide bonds. The third kappa shape index (κ3) is 5.33. The number of carbonyl (C=O) groups excluding carboxylic acids is 1. The maximum atomic E-state index is 12.3. The second-order valence-corrected chi connectivity index (χ2v) is 6.30. The number of benzene rings is 1. The van der Waals surface area contributed by atoms with Gasteiger partial charge in [0, 0.05) is 24.6 Å². The van der Waals surface area contributed by atoms with Crippen molar-refractivity contribution >= 4 is 21.8 Å². The summed E-state index contributed by atoms with van der Waals surface area (Å²) < 4.78 is 1.03. The molecule has 0 bridgehead atoms. The molecule has 1 atom stereocenters. The fourth-order valence-corrected chi connectivity index (χ4v) is 2.61. The van der Waals surface area contributed by atoms with Crippen molar-refractivity contribution in [2.75, 3.05) is 13.6 Å². The monoisotopic (exact) mass is 326 g/mol. The summed E-state index contributed by atoms with van der Waals surface area (Å²) in [5.41, 5.74) is 6.84. The first-order chi connectivity index (χ1) is 8.93. The van der Waals surface area contributed by atoms with E-state index in [4.69, 9.17) is 5.73 Å². The second kappa shape index (κ2) is 7.65. The zero-order chi connectivity index (χ0) is 14.4. The van der Waals surface area contributed by atoms with Crippen LogP contribution in [0.1, 0.15) is 25.8 Å². The number of hydrogen-bond donors (Lipinski definition) is 1. The molecular weight excluding hydrogens is 304 g/mol. The Hall–Kier alpha value is -0.870. The van der Waals surface area contributed by atoms with E-state index in [2.05, 4.69) is 29.8 Å². The largest absolute Gasteiger partial charge is 0.341 e. The van der Waals surface area contributed by atoms with E-state index in [9.17, 15) is 4.79 Å². The van der Waals surface area contributed by atoms with Crippen molar-refractivity contribution < 1.29 is 4.79 Å². The van der Waals surface area contributed by atoms with Gasteiger partial charge in [-0.3, -0.25) is 4.79 Å². The van der Waals surface area contributed by atoms with Gasteiger partial charge in [0.25, 0.3) is 0 Å². The Morgan fingerprint density at radius 3 is 2.63 bits per heavy atom. The highest BCUT2D eigenvalue weighted by Gasteiger charge is 2.21. The van der Waals surface area contributed by atoms with E-state index >= 15 is 0 Å². The Morgan fingerprint density at radius 2 is 2.11 bits per heavy atom. The maximum absolute atomic E-state index is 12.3. The van der Waals surface area contributed by atoms with E-state index < -0.39 is 0 Å². The molecule has 1 unspecified atom stereocenters. The fourth-order valence-electron chi connectivity index (χ4n) is 2.17. The van der Waals surface area contributed by atoms with E-state index in [-0.39, 0.29) is 11.8 Å². The van der Waals surface area contributed by atoms with Crippen LogP contribution in [-0.4, -0.2) is 24.4 Å². The minimum atomic E-state index is -0.0721. The van der Waals surface area contributed by atoms with Crippen molar-refractivity contribution in [3.05, 3.63) is 34.3 Å². The lowest BCUT2D eigenvalue weighted by atomic mass is 9.96. The molecule has 0 aliphatic heterocycles. The van der Waals surface area contributed by atoms with Crippen molar-refractivity contribution in [2.24, 2.45) is 17.6 Å². The lowest BCUT2D eigenvalue weighted by Crippen LogP contribution is -2.37. The van der Waals surface area contributed by atoms with Crippen molar-refractivity contribution in [3.8, 4) is 0 Å². The Bertz CT molecular complexity index is 420. The normalized spacial score (nSPS) is 12.5. The smallest absolute Gasteiger partial charge is 0.227 e. The van der Waals surface area contributed by atoms with E-state index in [1.54, 1.807) is 4.90 Å². The van der Waals surface area contributed by atoms with E-state index in [0.29, 0.717) is 19.0 Å². The van der Waals surface area contributed by atoms with Gasteiger partial charge in [-0.15, -0.1) is 0 Å². The Morgan fingerprint density at radius 1 is 1.42 bits per heavy atom. The molecule has 0 aromatic heterocycles. The highest BCUT2D eigenvalue weighted by molar-refractivity contribution is 9.10. The van der Waals surface area contributed by atoms with Crippen LogP contribution in [0, 0.1) is 11.8 Å². The molecule has 0 radical (unpaired) electrons. The van der Waals surface area contributed by atoms with Gasteiger partial charge in [0.1, 0.15) is 0 Å². The highest BCUT2D eigenvalue weighted by atomic mass is 79.9. The van der Waals surface area contributed by atoms with Crippen molar-refractivity contribution in [1.82, 2.24) is 4.90 Å². The number of carbonyl (C=O) groups is 1. The van der Waals surface area contributed by atoms with Crippen LogP contribution in [0.3, 0.4) is 0 Å². The number of nitrogens with two attached hydrogens (primary N) is 1. The number of nitrogens with zero attached hydrogens (tertiary/aromatic N) is 1. The number of halogens is 1. The van der Waals surface area contributed by atoms with Crippen LogP contribution in [0.15, 0.2) is 28.7 Å². The average Bonchev–Trinajstić information content (AvgIpc) is 2.34. The summed E-state index contributed by atoms with van der Waals surface area (Å²) in [7, 11) is 1.84. The Kier molecular flexibility index (Phi) is 6.52. The first-order valence-corrected chi connectivity index (χ1v) is 7.42. The summed E-state index contributed by atoms with van der Waals surface area (Å²) >= 11 is 3.44. The molecule has 0 saturated heterocycles. The average molecular weight is 327 g/mol. The molecule has 0 fully saturated rings. The van der Waals surface area contributed by atoms with Crippen LogP contribution >= 0.6 is 15.9 Å². The number of amides is 1. The molecule has 1 aromatic carbocycles. The number of hydrogen-bond acceptors (Lipinski definition) is 2. The van der Waals surface area contributed by atoms with Gasteiger partial charge in [-0.05, 0) is 30.0 Å². The Labute approximate surface area is 124 Å². The van der Waals surface area contributed by atoms with Crippen molar-refractivity contribution in [2.45, 2.75) is 26.8 Å². The zero-order valence-electron chi connectivity index (χ0n) is 11.9. The number of rotatable bonds is 6. The van der Waals surface area contributed by atoms with Crippen molar-refractivity contribution in [1.29, 1.82) is 0 Å². The third-order valence-electron chi connectivity index (χ3n) is 3.07. The standard InChI is InChI=1S/C15H23BrN2O/c1-11(2)7-13(9-17)15(19)18(3)10-12-5-4-6-14(16)8-12/h4-6,8,11,13H,7,9-10,17H2,1-3H3. The van der Waals surface area contributed by atoms with Crippen LogP contribution < -0.4 is 5.73 Å². The topological polar surface area (TPSA) is 46.3 Å². The van der Waals surface area contributed by atoms with Crippen LogP contribution in [0.25, 0.3) is 0 Å². The molecule has 1 rings (SSSR count). The van der Waals surface area contributed by atoms with Crippen LogP contribution in [-0.2, 0) is 11.3 Å². The summed E-state index contributed by atoms with van der Waals surface area (Å²) in [6.07, 6.45) is 0.845. The SMILES string of the molecule is CC(C)CC(CN)C(=O)N(C)Cc1cccc(Br)c1. The fraction of sp³-hybridized carbons (Fsp3) is 0.533. The third-order valence-corrected chi connectivity index (χ3v) is 3.57. The summed E-state index contributed by atoms with van der Waals surface area (Å²) in [6, 6.07) is 8.01. The highest BCUT2D eigenvalue weighted by Crippen LogP contribution is 2.16. The van der Waals surface area contributed by atoms with E-state index in [1.165, 1.54) is 0 Å². The molecule has 106 valence electrons. The van der Waals surface area contributed by atoms with E-state index in [0.717, 1.165) is 16.5 Å². The van der Waals surface area contributed by atoms with Gasteiger partial charge in [-0.1, -0.05) is 41.9 Å². The zero-order valence-corrected chi connectivity index (χ0v) is 13.5. The second-order valence-electron chi connectivity index (χ2n) is 5.39. The molecule has 0 aliphatic carbocycles. The van der Waals surface area contributed by atoms with Gasteiger partial charge >= 0.3 is 0 Å². The van der Waals surface area contributed by atoms with E-state index in [1.807, 2.05) is 31.3 Å². The minimum Gasteiger partial charge on any atom is -0.341 e. The van der Waals surface area contributed by atoms with Crippen LogP contribution in [0.2, 0.25) is 0 Å². The summed E-state index contributed by atoms with van der Waals surface area (Å²) in [5.74, 6) is 0.546. The molecule has 2 N–H and O–H groups in total. The minimum absolute atomic E-state index is 0.0721. The summed E-state index contributed by atoms with van der Waals surface area (Å²) in [5, 5.41) is 0. The lowest BCUT2D eigenvalue weighted by molar-refractivity contribution is -0.134. The molecule has 4 heteroatoms. The molecule has 0 saturated carbocycles. The molecule has 19 heavy (non-hydrogen) atoms.